The molecule has 3 rings (SSSR count). The lowest BCUT2D eigenvalue weighted by molar-refractivity contribution is -0.117. The number of aryl methyl sites for hydroxylation is 1. The smallest absolute Gasteiger partial charge is 0.141 e. The summed E-state index contributed by atoms with van der Waals surface area (Å²) in [5.41, 5.74) is 3.40. The van der Waals surface area contributed by atoms with E-state index in [4.69, 9.17) is 0 Å². The van der Waals surface area contributed by atoms with Gasteiger partial charge in [0.1, 0.15) is 5.78 Å². The monoisotopic (exact) mass is 274 g/mol. The number of rotatable bonds is 4. The maximum Gasteiger partial charge on any atom is 0.141 e. The van der Waals surface area contributed by atoms with Crippen LogP contribution in [-0.2, 0) is 17.6 Å². The van der Waals surface area contributed by atoms with Crippen molar-refractivity contribution < 1.29 is 4.79 Å². The predicted molar refractivity (Wildman–Crippen MR) is 87.5 cm³/mol. The largest absolute Gasteiger partial charge is 0.299 e. The first-order valence-corrected chi connectivity index (χ1v) is 7.26. The van der Waals surface area contributed by atoms with E-state index in [0.717, 1.165) is 11.1 Å². The number of hydrogen-bond acceptors (Lipinski definition) is 1. The summed E-state index contributed by atoms with van der Waals surface area (Å²) in [5, 5.41) is 2.41. The molecule has 1 heteroatoms. The molecule has 0 saturated carbocycles. The summed E-state index contributed by atoms with van der Waals surface area (Å²) in [6.45, 7) is 2.06. The van der Waals surface area contributed by atoms with Crippen LogP contribution in [0, 0.1) is 6.92 Å². The number of carbonyl (C=O) groups excluding carboxylic acids is 1. The van der Waals surface area contributed by atoms with E-state index in [0.29, 0.717) is 12.8 Å². The molecule has 0 fully saturated rings. The van der Waals surface area contributed by atoms with Crippen LogP contribution in [0.2, 0.25) is 0 Å². The van der Waals surface area contributed by atoms with Gasteiger partial charge in [-0.3, -0.25) is 4.79 Å². The SMILES string of the molecule is Cc1ccc(CC(=O)Cc2ccc3ccccc3c2)cc1. The maximum atomic E-state index is 12.2. The van der Waals surface area contributed by atoms with Gasteiger partial charge in [-0.15, -0.1) is 0 Å². The molecule has 0 aliphatic carbocycles. The molecule has 3 aromatic rings. The summed E-state index contributed by atoms with van der Waals surface area (Å²) in [4.78, 5) is 12.2. The lowest BCUT2D eigenvalue weighted by Crippen LogP contribution is -2.06. The molecule has 1 nitrogen and oxygen atoms in total. The second-order valence-electron chi connectivity index (χ2n) is 5.56. The third kappa shape index (κ3) is 3.38. The van der Waals surface area contributed by atoms with Gasteiger partial charge in [0.2, 0.25) is 0 Å². The molecule has 0 atom stereocenters. The summed E-state index contributed by atoms with van der Waals surface area (Å²) in [6.07, 6.45) is 1.01. The van der Waals surface area contributed by atoms with E-state index >= 15 is 0 Å². The first-order valence-electron chi connectivity index (χ1n) is 7.26. The fourth-order valence-electron chi connectivity index (χ4n) is 2.57. The summed E-state index contributed by atoms with van der Waals surface area (Å²) < 4.78 is 0. The van der Waals surface area contributed by atoms with Crippen molar-refractivity contribution in [2.24, 2.45) is 0 Å². The van der Waals surface area contributed by atoms with E-state index in [1.165, 1.54) is 16.3 Å². The highest BCUT2D eigenvalue weighted by Gasteiger charge is 2.06. The quantitative estimate of drug-likeness (QED) is 0.684. The lowest BCUT2D eigenvalue weighted by atomic mass is 10.00. The molecule has 0 radical (unpaired) electrons. The molecule has 0 bridgehead atoms. The van der Waals surface area contributed by atoms with Crippen molar-refractivity contribution in [1.82, 2.24) is 0 Å². The zero-order valence-corrected chi connectivity index (χ0v) is 12.2. The molecule has 0 spiro atoms. The fourth-order valence-corrected chi connectivity index (χ4v) is 2.57. The van der Waals surface area contributed by atoms with Crippen molar-refractivity contribution in [2.75, 3.05) is 0 Å². The van der Waals surface area contributed by atoms with Crippen molar-refractivity contribution in [2.45, 2.75) is 19.8 Å². The van der Waals surface area contributed by atoms with Crippen LogP contribution in [-0.4, -0.2) is 5.78 Å². The Morgan fingerprint density at radius 1 is 0.762 bits per heavy atom. The van der Waals surface area contributed by atoms with Crippen LogP contribution in [0.15, 0.2) is 66.7 Å². The lowest BCUT2D eigenvalue weighted by Gasteiger charge is -2.04. The molecule has 104 valence electrons. The van der Waals surface area contributed by atoms with Crippen LogP contribution in [0.4, 0.5) is 0 Å². The fraction of sp³-hybridized carbons (Fsp3) is 0.150. The Morgan fingerprint density at radius 3 is 2.14 bits per heavy atom. The van der Waals surface area contributed by atoms with Crippen LogP contribution in [0.5, 0.6) is 0 Å². The van der Waals surface area contributed by atoms with Gasteiger partial charge in [0.05, 0.1) is 0 Å². The van der Waals surface area contributed by atoms with Gasteiger partial charge < -0.3 is 0 Å². The van der Waals surface area contributed by atoms with Crippen molar-refractivity contribution >= 4 is 16.6 Å². The first kappa shape index (κ1) is 13.6. The number of benzene rings is 3. The van der Waals surface area contributed by atoms with Crippen LogP contribution >= 0.6 is 0 Å². The summed E-state index contributed by atoms with van der Waals surface area (Å²) >= 11 is 0. The molecular formula is C20H18O. The number of Topliss-reactive ketones (excluding diaryl/α,β-unsaturated/α-hetero) is 1. The van der Waals surface area contributed by atoms with Crippen LogP contribution in [0.25, 0.3) is 10.8 Å². The third-order valence-corrected chi connectivity index (χ3v) is 3.74. The van der Waals surface area contributed by atoms with Gasteiger partial charge in [-0.1, -0.05) is 72.3 Å². The minimum Gasteiger partial charge on any atom is -0.299 e. The molecule has 0 N–H and O–H groups in total. The minimum absolute atomic E-state index is 0.258. The van der Waals surface area contributed by atoms with Gasteiger partial charge in [-0.25, -0.2) is 0 Å². The van der Waals surface area contributed by atoms with Crippen molar-refractivity contribution in [1.29, 1.82) is 0 Å². The number of ketones is 1. The Morgan fingerprint density at radius 2 is 1.38 bits per heavy atom. The summed E-state index contributed by atoms with van der Waals surface area (Å²) in [7, 11) is 0. The molecule has 0 unspecified atom stereocenters. The van der Waals surface area contributed by atoms with E-state index in [2.05, 4.69) is 49.4 Å². The maximum absolute atomic E-state index is 12.2. The number of carbonyl (C=O) groups is 1. The summed E-state index contributed by atoms with van der Waals surface area (Å²) in [6, 6.07) is 22.7. The van der Waals surface area contributed by atoms with Gasteiger partial charge in [0.25, 0.3) is 0 Å². The number of hydrogen-bond donors (Lipinski definition) is 0. The molecule has 0 aromatic heterocycles. The van der Waals surface area contributed by atoms with Crippen molar-refractivity contribution in [3.8, 4) is 0 Å². The molecule has 0 aliphatic heterocycles. The van der Waals surface area contributed by atoms with E-state index in [-0.39, 0.29) is 5.78 Å². The normalized spacial score (nSPS) is 10.7. The van der Waals surface area contributed by atoms with Crippen LogP contribution < -0.4 is 0 Å². The molecule has 21 heavy (non-hydrogen) atoms. The van der Waals surface area contributed by atoms with Gasteiger partial charge in [0, 0.05) is 12.8 Å². The Bertz CT molecular complexity index is 769. The molecule has 0 heterocycles. The average Bonchev–Trinajstić information content (AvgIpc) is 2.49. The Labute approximate surface area is 125 Å². The first-order chi connectivity index (χ1) is 10.2. The van der Waals surface area contributed by atoms with Crippen LogP contribution in [0.1, 0.15) is 16.7 Å². The van der Waals surface area contributed by atoms with Gasteiger partial charge in [-0.05, 0) is 28.8 Å². The Balaban J connectivity index is 1.72. The Hall–Kier alpha value is -2.41. The number of fused-ring (bicyclic) bond motifs is 1. The van der Waals surface area contributed by atoms with Crippen molar-refractivity contribution in [3.05, 3.63) is 83.4 Å². The zero-order chi connectivity index (χ0) is 14.7. The highest BCUT2D eigenvalue weighted by atomic mass is 16.1. The predicted octanol–water partition coefficient (Wildman–Crippen LogP) is 4.50. The molecular weight excluding hydrogens is 256 g/mol. The van der Waals surface area contributed by atoms with Gasteiger partial charge in [-0.2, -0.15) is 0 Å². The third-order valence-electron chi connectivity index (χ3n) is 3.74. The van der Waals surface area contributed by atoms with Crippen LogP contribution in [0.3, 0.4) is 0 Å². The van der Waals surface area contributed by atoms with Crippen molar-refractivity contribution in [3.63, 3.8) is 0 Å². The Kier molecular flexibility index (Phi) is 3.83. The molecule has 0 aliphatic rings. The highest BCUT2D eigenvalue weighted by molar-refractivity contribution is 5.87. The zero-order valence-electron chi connectivity index (χ0n) is 12.2. The van der Waals surface area contributed by atoms with E-state index in [1.54, 1.807) is 0 Å². The topological polar surface area (TPSA) is 17.1 Å². The average molecular weight is 274 g/mol. The van der Waals surface area contributed by atoms with Gasteiger partial charge in [0.15, 0.2) is 0 Å². The second kappa shape index (κ2) is 5.92. The second-order valence-corrected chi connectivity index (χ2v) is 5.56. The highest BCUT2D eigenvalue weighted by Crippen LogP contribution is 2.16. The summed E-state index contributed by atoms with van der Waals surface area (Å²) in [5.74, 6) is 0.258. The van der Waals surface area contributed by atoms with E-state index in [9.17, 15) is 4.79 Å². The minimum atomic E-state index is 0.258. The van der Waals surface area contributed by atoms with E-state index in [1.807, 2.05) is 24.3 Å². The molecule has 3 aromatic carbocycles. The molecule has 0 saturated heterocycles. The molecule has 0 amide bonds. The standard InChI is InChI=1S/C20H18O/c1-15-6-8-16(9-7-15)13-20(21)14-17-10-11-18-4-2-3-5-19(18)12-17/h2-12H,13-14H2,1H3. The van der Waals surface area contributed by atoms with E-state index < -0.39 is 0 Å². The van der Waals surface area contributed by atoms with Gasteiger partial charge >= 0.3 is 0 Å².